The maximum atomic E-state index is 11.5. The van der Waals surface area contributed by atoms with Gasteiger partial charge in [-0.05, 0) is 37.0 Å². The van der Waals surface area contributed by atoms with Crippen molar-refractivity contribution in [3.05, 3.63) is 59.7 Å². The second-order valence-electron chi connectivity index (χ2n) is 7.12. The first-order chi connectivity index (χ1) is 12.6. The Balaban J connectivity index is 1.36. The van der Waals surface area contributed by atoms with Crippen LogP contribution in [0.4, 0.5) is 5.69 Å². The molecular formula is C21H24N2O3. The van der Waals surface area contributed by atoms with Crippen molar-refractivity contribution in [1.82, 2.24) is 4.90 Å². The molecule has 0 unspecified atom stereocenters. The molecule has 2 aliphatic rings. The average molecular weight is 352 g/mol. The first-order valence-corrected chi connectivity index (χ1v) is 9.19. The van der Waals surface area contributed by atoms with Gasteiger partial charge in [0.25, 0.3) is 0 Å². The van der Waals surface area contributed by atoms with Gasteiger partial charge in [-0.25, -0.2) is 0 Å². The zero-order chi connectivity index (χ0) is 18.0. The van der Waals surface area contributed by atoms with Crippen LogP contribution in [0.2, 0.25) is 0 Å². The van der Waals surface area contributed by atoms with Crippen LogP contribution in [-0.4, -0.2) is 35.7 Å². The van der Waals surface area contributed by atoms with E-state index in [0.29, 0.717) is 32.4 Å². The van der Waals surface area contributed by atoms with Gasteiger partial charge in [-0.1, -0.05) is 36.4 Å². The number of fused-ring (bicyclic) bond motifs is 1. The number of anilines is 1. The molecule has 0 atom stereocenters. The maximum Gasteiger partial charge on any atom is 0.224 e. The SMILES string of the molecule is O=C1CCc2c(cccc2OCN2CCC(O)(c3ccccc3)CC2)N1. The van der Waals surface area contributed by atoms with Crippen molar-refractivity contribution in [1.29, 1.82) is 0 Å². The lowest BCUT2D eigenvalue weighted by Crippen LogP contribution is -2.44. The van der Waals surface area contributed by atoms with Crippen LogP contribution in [0.1, 0.15) is 30.4 Å². The highest BCUT2D eigenvalue weighted by Crippen LogP contribution is 2.34. The number of aliphatic hydroxyl groups is 1. The van der Waals surface area contributed by atoms with Gasteiger partial charge in [0.05, 0.1) is 5.60 Å². The normalized spacial score (nSPS) is 19.5. The molecule has 0 radical (unpaired) electrons. The van der Waals surface area contributed by atoms with Gasteiger partial charge in [0.15, 0.2) is 0 Å². The lowest BCUT2D eigenvalue weighted by atomic mass is 9.85. The van der Waals surface area contributed by atoms with E-state index < -0.39 is 5.60 Å². The molecule has 26 heavy (non-hydrogen) atoms. The number of rotatable bonds is 4. The number of piperidine rings is 1. The molecule has 1 amide bonds. The van der Waals surface area contributed by atoms with Gasteiger partial charge in [-0.2, -0.15) is 0 Å². The van der Waals surface area contributed by atoms with Gasteiger partial charge in [0.1, 0.15) is 12.5 Å². The van der Waals surface area contributed by atoms with E-state index in [4.69, 9.17) is 4.74 Å². The first-order valence-electron chi connectivity index (χ1n) is 9.19. The number of amides is 1. The summed E-state index contributed by atoms with van der Waals surface area (Å²) in [7, 11) is 0. The number of hydrogen-bond acceptors (Lipinski definition) is 4. The lowest BCUT2D eigenvalue weighted by molar-refractivity contribution is -0.116. The van der Waals surface area contributed by atoms with E-state index in [1.165, 1.54) is 0 Å². The first kappa shape index (κ1) is 17.1. The standard InChI is InChI=1S/C21H24N2O3/c24-20-10-9-17-18(22-20)7-4-8-19(17)26-15-23-13-11-21(25,12-14-23)16-5-2-1-3-6-16/h1-8,25H,9-15H2,(H,22,24). The third-order valence-corrected chi connectivity index (χ3v) is 5.41. The van der Waals surface area contributed by atoms with Crippen LogP contribution in [0.5, 0.6) is 5.75 Å². The number of hydrogen-bond donors (Lipinski definition) is 2. The molecule has 0 aromatic heterocycles. The number of nitrogens with zero attached hydrogens (tertiary/aromatic N) is 1. The number of carbonyl (C=O) groups is 1. The van der Waals surface area contributed by atoms with E-state index in [-0.39, 0.29) is 5.91 Å². The van der Waals surface area contributed by atoms with Gasteiger partial charge in [-0.3, -0.25) is 9.69 Å². The summed E-state index contributed by atoms with van der Waals surface area (Å²) in [6.07, 6.45) is 2.61. The summed E-state index contributed by atoms with van der Waals surface area (Å²) < 4.78 is 6.05. The van der Waals surface area contributed by atoms with Crippen LogP contribution in [0, 0.1) is 0 Å². The van der Waals surface area contributed by atoms with Gasteiger partial charge < -0.3 is 15.2 Å². The van der Waals surface area contributed by atoms with Crippen LogP contribution in [0.25, 0.3) is 0 Å². The van der Waals surface area contributed by atoms with Crippen LogP contribution in [-0.2, 0) is 16.8 Å². The molecule has 4 rings (SSSR count). The van der Waals surface area contributed by atoms with E-state index in [1.807, 2.05) is 48.5 Å². The number of nitrogens with one attached hydrogen (secondary N) is 1. The summed E-state index contributed by atoms with van der Waals surface area (Å²) in [4.78, 5) is 13.8. The summed E-state index contributed by atoms with van der Waals surface area (Å²) in [6.45, 7) is 2.07. The van der Waals surface area contributed by atoms with Crippen molar-refractivity contribution in [2.24, 2.45) is 0 Å². The quantitative estimate of drug-likeness (QED) is 0.888. The van der Waals surface area contributed by atoms with E-state index in [0.717, 1.165) is 35.7 Å². The van der Waals surface area contributed by atoms with E-state index in [2.05, 4.69) is 10.2 Å². The fourth-order valence-corrected chi connectivity index (χ4v) is 3.78. The summed E-state index contributed by atoms with van der Waals surface area (Å²) in [5.74, 6) is 0.900. The predicted molar refractivity (Wildman–Crippen MR) is 100 cm³/mol. The second kappa shape index (κ2) is 7.09. The molecule has 1 saturated heterocycles. The Hall–Kier alpha value is -2.37. The van der Waals surface area contributed by atoms with Crippen LogP contribution < -0.4 is 10.1 Å². The second-order valence-corrected chi connectivity index (χ2v) is 7.12. The number of benzene rings is 2. The highest BCUT2D eigenvalue weighted by molar-refractivity contribution is 5.94. The summed E-state index contributed by atoms with van der Waals surface area (Å²) in [6, 6.07) is 15.7. The molecule has 136 valence electrons. The maximum absolute atomic E-state index is 11.5. The van der Waals surface area contributed by atoms with Gasteiger partial charge in [0.2, 0.25) is 5.91 Å². The monoisotopic (exact) mass is 352 g/mol. The fourth-order valence-electron chi connectivity index (χ4n) is 3.78. The van der Waals surface area contributed by atoms with E-state index in [1.54, 1.807) is 0 Å². The predicted octanol–water partition coefficient (Wildman–Crippen LogP) is 2.89. The molecule has 5 nitrogen and oxygen atoms in total. The lowest BCUT2D eigenvalue weighted by Gasteiger charge is -2.38. The number of ether oxygens (including phenoxy) is 1. The molecule has 2 aromatic carbocycles. The van der Waals surface area contributed by atoms with E-state index >= 15 is 0 Å². The number of carbonyl (C=O) groups excluding carboxylic acids is 1. The van der Waals surface area contributed by atoms with Crippen molar-refractivity contribution in [2.45, 2.75) is 31.3 Å². The zero-order valence-corrected chi connectivity index (χ0v) is 14.8. The highest BCUT2D eigenvalue weighted by Gasteiger charge is 2.34. The summed E-state index contributed by atoms with van der Waals surface area (Å²) in [5.41, 5.74) is 2.18. The molecule has 0 aliphatic carbocycles. The average Bonchev–Trinajstić information content (AvgIpc) is 2.68. The summed E-state index contributed by atoms with van der Waals surface area (Å²) in [5, 5.41) is 13.8. The molecule has 0 saturated carbocycles. The minimum absolute atomic E-state index is 0.0610. The Morgan fingerprint density at radius 1 is 1.04 bits per heavy atom. The van der Waals surface area contributed by atoms with Crippen molar-refractivity contribution < 1.29 is 14.6 Å². The van der Waals surface area contributed by atoms with Crippen LogP contribution >= 0.6 is 0 Å². The molecule has 1 fully saturated rings. The molecule has 5 heteroatoms. The Labute approximate surface area is 153 Å². The molecule has 2 heterocycles. The third-order valence-electron chi connectivity index (χ3n) is 5.41. The summed E-state index contributed by atoms with van der Waals surface area (Å²) >= 11 is 0. The highest BCUT2D eigenvalue weighted by atomic mass is 16.5. The van der Waals surface area contributed by atoms with Crippen molar-refractivity contribution in [2.75, 3.05) is 25.1 Å². The van der Waals surface area contributed by atoms with Crippen molar-refractivity contribution >= 4 is 11.6 Å². The Morgan fingerprint density at radius 2 is 1.81 bits per heavy atom. The molecular weight excluding hydrogens is 328 g/mol. The molecule has 0 bridgehead atoms. The van der Waals surface area contributed by atoms with Gasteiger partial charge in [0, 0.05) is 30.8 Å². The Kier molecular flexibility index (Phi) is 4.66. The Morgan fingerprint density at radius 3 is 2.58 bits per heavy atom. The fraction of sp³-hybridized carbons (Fsp3) is 0.381. The van der Waals surface area contributed by atoms with Crippen LogP contribution in [0.15, 0.2) is 48.5 Å². The van der Waals surface area contributed by atoms with Crippen LogP contribution in [0.3, 0.4) is 0 Å². The van der Waals surface area contributed by atoms with Gasteiger partial charge >= 0.3 is 0 Å². The third kappa shape index (κ3) is 3.45. The Bertz CT molecular complexity index is 783. The number of likely N-dealkylation sites (tertiary alicyclic amines) is 1. The smallest absolute Gasteiger partial charge is 0.224 e. The molecule has 2 aliphatic heterocycles. The molecule has 2 N–H and O–H groups in total. The zero-order valence-electron chi connectivity index (χ0n) is 14.8. The minimum atomic E-state index is -0.742. The molecule has 0 spiro atoms. The molecule has 2 aromatic rings. The van der Waals surface area contributed by atoms with E-state index in [9.17, 15) is 9.90 Å². The minimum Gasteiger partial charge on any atom is -0.478 e. The largest absolute Gasteiger partial charge is 0.478 e. The van der Waals surface area contributed by atoms with Crippen molar-refractivity contribution in [3.8, 4) is 5.75 Å². The van der Waals surface area contributed by atoms with Crippen molar-refractivity contribution in [3.63, 3.8) is 0 Å². The topological polar surface area (TPSA) is 61.8 Å². The van der Waals surface area contributed by atoms with Gasteiger partial charge in [-0.15, -0.1) is 0 Å².